The lowest BCUT2D eigenvalue weighted by Crippen LogP contribution is -2.14. The molecule has 0 fully saturated rings. The summed E-state index contributed by atoms with van der Waals surface area (Å²) in [5.74, 6) is 1.80. The first kappa shape index (κ1) is 8.30. The van der Waals surface area contributed by atoms with E-state index in [1.165, 1.54) is 18.5 Å². The summed E-state index contributed by atoms with van der Waals surface area (Å²) in [4.78, 5) is 4.42. The van der Waals surface area contributed by atoms with Crippen LogP contribution in [0.1, 0.15) is 37.2 Å². The molecule has 0 N–H and O–H groups in total. The number of hydrogen-bond donors (Lipinski definition) is 0. The first-order valence-corrected chi connectivity index (χ1v) is 5.22. The normalized spacial score (nSPS) is 22.4. The maximum absolute atomic E-state index is 4.42. The first-order valence-electron chi connectivity index (χ1n) is 4.42. The molecule has 2 rings (SSSR count). The lowest BCUT2D eigenvalue weighted by atomic mass is 9.99. The molecule has 0 saturated heterocycles. The molecule has 66 valence electrons. The molecular weight excluding hydrogens is 216 g/mol. The van der Waals surface area contributed by atoms with Crippen LogP contribution in [-0.2, 0) is 6.54 Å². The summed E-state index contributed by atoms with van der Waals surface area (Å²) >= 11 is 3.51. The van der Waals surface area contributed by atoms with Crippen molar-refractivity contribution in [2.75, 3.05) is 0 Å². The van der Waals surface area contributed by atoms with E-state index in [0.29, 0.717) is 5.92 Å². The SMILES string of the molecule is Cc1nc(Br)c2n1CCCC2C. The van der Waals surface area contributed by atoms with Crippen LogP contribution in [0.4, 0.5) is 0 Å². The Bertz CT molecular complexity index is 304. The van der Waals surface area contributed by atoms with Gasteiger partial charge in [0.1, 0.15) is 10.4 Å². The average molecular weight is 229 g/mol. The molecule has 0 radical (unpaired) electrons. The standard InChI is InChI=1S/C9H13BrN2/c1-6-4-3-5-12-7(2)11-9(10)8(6)12/h6H,3-5H2,1-2H3. The smallest absolute Gasteiger partial charge is 0.127 e. The van der Waals surface area contributed by atoms with Gasteiger partial charge in [0, 0.05) is 6.54 Å². The van der Waals surface area contributed by atoms with Gasteiger partial charge in [0.2, 0.25) is 0 Å². The summed E-state index contributed by atoms with van der Waals surface area (Å²) in [6.07, 6.45) is 2.58. The monoisotopic (exact) mass is 228 g/mol. The fourth-order valence-electron chi connectivity index (χ4n) is 1.99. The lowest BCUT2D eigenvalue weighted by molar-refractivity contribution is 0.466. The molecule has 1 unspecified atom stereocenters. The number of fused-ring (bicyclic) bond motifs is 1. The summed E-state index contributed by atoms with van der Waals surface area (Å²) in [7, 11) is 0. The molecule has 0 aliphatic carbocycles. The molecule has 3 heteroatoms. The van der Waals surface area contributed by atoms with E-state index in [2.05, 4.69) is 39.3 Å². The van der Waals surface area contributed by atoms with E-state index in [-0.39, 0.29) is 0 Å². The van der Waals surface area contributed by atoms with Crippen molar-refractivity contribution in [3.63, 3.8) is 0 Å². The summed E-state index contributed by atoms with van der Waals surface area (Å²) < 4.78 is 3.38. The average Bonchev–Trinajstić information content (AvgIpc) is 2.29. The van der Waals surface area contributed by atoms with Crippen LogP contribution in [0.2, 0.25) is 0 Å². The van der Waals surface area contributed by atoms with E-state index < -0.39 is 0 Å². The van der Waals surface area contributed by atoms with Crippen molar-refractivity contribution in [3.05, 3.63) is 16.1 Å². The maximum atomic E-state index is 4.42. The Kier molecular flexibility index (Phi) is 1.99. The van der Waals surface area contributed by atoms with Crippen molar-refractivity contribution >= 4 is 15.9 Å². The van der Waals surface area contributed by atoms with E-state index in [1.807, 2.05) is 0 Å². The zero-order valence-electron chi connectivity index (χ0n) is 7.47. The molecule has 2 heterocycles. The van der Waals surface area contributed by atoms with Crippen molar-refractivity contribution < 1.29 is 0 Å². The van der Waals surface area contributed by atoms with Crippen LogP contribution >= 0.6 is 15.9 Å². The third-order valence-corrected chi connectivity index (χ3v) is 3.22. The molecule has 0 bridgehead atoms. The lowest BCUT2D eigenvalue weighted by Gasteiger charge is -2.21. The Balaban J connectivity index is 2.55. The van der Waals surface area contributed by atoms with Gasteiger partial charge in [0.15, 0.2) is 0 Å². The predicted octanol–water partition coefficient (Wildman–Crippen LogP) is 2.85. The topological polar surface area (TPSA) is 17.8 Å². The minimum Gasteiger partial charge on any atom is -0.331 e. The van der Waals surface area contributed by atoms with E-state index in [4.69, 9.17) is 0 Å². The van der Waals surface area contributed by atoms with Crippen molar-refractivity contribution in [1.82, 2.24) is 9.55 Å². The fraction of sp³-hybridized carbons (Fsp3) is 0.667. The zero-order chi connectivity index (χ0) is 8.72. The van der Waals surface area contributed by atoms with Gasteiger partial charge in [0.25, 0.3) is 0 Å². The van der Waals surface area contributed by atoms with Crippen LogP contribution < -0.4 is 0 Å². The Morgan fingerprint density at radius 2 is 2.33 bits per heavy atom. The number of nitrogens with zero attached hydrogens (tertiary/aromatic N) is 2. The van der Waals surface area contributed by atoms with Gasteiger partial charge in [-0.2, -0.15) is 0 Å². The second kappa shape index (κ2) is 2.87. The Labute approximate surface area is 81.1 Å². The molecule has 1 atom stereocenters. The van der Waals surface area contributed by atoms with Gasteiger partial charge in [-0.25, -0.2) is 4.98 Å². The minimum absolute atomic E-state index is 0.661. The molecular formula is C9H13BrN2. The Morgan fingerprint density at radius 1 is 1.58 bits per heavy atom. The van der Waals surface area contributed by atoms with E-state index in [1.54, 1.807) is 0 Å². The van der Waals surface area contributed by atoms with Crippen molar-refractivity contribution in [3.8, 4) is 0 Å². The molecule has 1 aliphatic heterocycles. The van der Waals surface area contributed by atoms with Gasteiger partial charge in [-0.3, -0.25) is 0 Å². The quantitative estimate of drug-likeness (QED) is 0.668. The summed E-state index contributed by atoms with van der Waals surface area (Å²) in [5, 5.41) is 0. The van der Waals surface area contributed by atoms with Crippen molar-refractivity contribution in [1.29, 1.82) is 0 Å². The van der Waals surface area contributed by atoms with Crippen LogP contribution in [0.25, 0.3) is 0 Å². The third kappa shape index (κ3) is 1.11. The van der Waals surface area contributed by atoms with Gasteiger partial charge < -0.3 is 4.57 Å². The van der Waals surface area contributed by atoms with Gasteiger partial charge >= 0.3 is 0 Å². The first-order chi connectivity index (χ1) is 5.70. The third-order valence-electron chi connectivity index (χ3n) is 2.64. The number of hydrogen-bond acceptors (Lipinski definition) is 1. The predicted molar refractivity (Wildman–Crippen MR) is 52.3 cm³/mol. The van der Waals surface area contributed by atoms with E-state index in [0.717, 1.165) is 17.0 Å². The van der Waals surface area contributed by atoms with Gasteiger partial charge in [-0.1, -0.05) is 6.92 Å². The highest BCUT2D eigenvalue weighted by atomic mass is 79.9. The van der Waals surface area contributed by atoms with Crippen LogP contribution in [0.15, 0.2) is 4.60 Å². The number of halogens is 1. The highest BCUT2D eigenvalue weighted by molar-refractivity contribution is 9.10. The molecule has 0 saturated carbocycles. The van der Waals surface area contributed by atoms with Gasteiger partial charge in [-0.15, -0.1) is 0 Å². The number of imidazole rings is 1. The van der Waals surface area contributed by atoms with E-state index in [9.17, 15) is 0 Å². The molecule has 1 aromatic heterocycles. The molecule has 0 aromatic carbocycles. The molecule has 12 heavy (non-hydrogen) atoms. The molecule has 0 spiro atoms. The number of aryl methyl sites for hydroxylation is 1. The highest BCUT2D eigenvalue weighted by Crippen LogP contribution is 2.32. The summed E-state index contributed by atoms with van der Waals surface area (Å²) in [6, 6.07) is 0. The molecule has 0 amide bonds. The number of rotatable bonds is 0. The van der Waals surface area contributed by atoms with Crippen molar-refractivity contribution in [2.45, 2.75) is 39.2 Å². The van der Waals surface area contributed by atoms with Crippen LogP contribution in [0.3, 0.4) is 0 Å². The Morgan fingerprint density at radius 3 is 3.00 bits per heavy atom. The summed E-state index contributed by atoms with van der Waals surface area (Å²) in [6.45, 7) is 5.49. The van der Waals surface area contributed by atoms with Crippen LogP contribution in [0, 0.1) is 6.92 Å². The molecule has 1 aromatic rings. The largest absolute Gasteiger partial charge is 0.331 e. The Hall–Kier alpha value is -0.310. The second-order valence-corrected chi connectivity index (χ2v) is 4.28. The maximum Gasteiger partial charge on any atom is 0.127 e. The van der Waals surface area contributed by atoms with Crippen molar-refractivity contribution in [2.24, 2.45) is 0 Å². The minimum atomic E-state index is 0.661. The van der Waals surface area contributed by atoms with Gasteiger partial charge in [0.05, 0.1) is 5.69 Å². The molecule has 2 nitrogen and oxygen atoms in total. The van der Waals surface area contributed by atoms with E-state index >= 15 is 0 Å². The zero-order valence-corrected chi connectivity index (χ0v) is 9.06. The van der Waals surface area contributed by atoms with Gasteiger partial charge in [-0.05, 0) is 41.6 Å². The fourth-order valence-corrected chi connectivity index (χ4v) is 2.85. The van der Waals surface area contributed by atoms with Crippen LogP contribution in [0.5, 0.6) is 0 Å². The molecule has 1 aliphatic rings. The second-order valence-electron chi connectivity index (χ2n) is 3.53. The van der Waals surface area contributed by atoms with Crippen LogP contribution in [-0.4, -0.2) is 9.55 Å². The highest BCUT2D eigenvalue weighted by Gasteiger charge is 2.21. The number of aromatic nitrogens is 2. The summed E-state index contributed by atoms with van der Waals surface area (Å²) in [5.41, 5.74) is 1.39.